The van der Waals surface area contributed by atoms with Crippen LogP contribution in [0.15, 0.2) is 34.0 Å². The van der Waals surface area contributed by atoms with Crippen molar-refractivity contribution in [2.75, 3.05) is 25.2 Å². The quantitative estimate of drug-likeness (QED) is 0.315. The standard InChI is InChI=1S/C25H29FN8O4/c1-4-10-32-22-20(24(36)34(25(32)37)16-7-8-16)28-21(29-22)17-13-19(33(5-2)30-17)31(11-12-38-3)23(35)15-6-9-18(26)27-14-15/h6,9,13-14,16H,4-5,7-8,10-12H2,1-3H3,(H,28,29). The summed E-state index contributed by atoms with van der Waals surface area (Å²) in [7, 11) is 1.53. The Morgan fingerprint density at radius 1 is 1.26 bits per heavy atom. The van der Waals surface area contributed by atoms with Crippen molar-refractivity contribution in [3.8, 4) is 11.5 Å². The second-order valence-electron chi connectivity index (χ2n) is 9.15. The average molecular weight is 525 g/mol. The highest BCUT2D eigenvalue weighted by Gasteiger charge is 2.30. The first kappa shape index (κ1) is 25.5. The van der Waals surface area contributed by atoms with Crippen molar-refractivity contribution in [2.45, 2.75) is 52.2 Å². The third-order valence-corrected chi connectivity index (χ3v) is 6.49. The molecule has 0 bridgehead atoms. The van der Waals surface area contributed by atoms with Crippen LogP contribution in [0.5, 0.6) is 0 Å². The van der Waals surface area contributed by atoms with Crippen LogP contribution in [0.1, 0.15) is 49.5 Å². The highest BCUT2D eigenvalue weighted by Crippen LogP contribution is 2.32. The van der Waals surface area contributed by atoms with E-state index in [1.165, 1.54) is 33.4 Å². The van der Waals surface area contributed by atoms with Gasteiger partial charge in [-0.15, -0.1) is 0 Å². The van der Waals surface area contributed by atoms with Crippen molar-refractivity contribution in [1.29, 1.82) is 0 Å². The molecule has 4 aromatic rings. The Morgan fingerprint density at radius 2 is 2.05 bits per heavy atom. The number of aryl methyl sites for hydroxylation is 2. The van der Waals surface area contributed by atoms with Crippen LogP contribution in [-0.2, 0) is 17.8 Å². The number of ether oxygens (including phenoxy) is 1. The number of aromatic nitrogens is 7. The number of hydrogen-bond donors (Lipinski definition) is 1. The van der Waals surface area contributed by atoms with Crippen LogP contribution in [-0.4, -0.2) is 60.0 Å². The van der Waals surface area contributed by atoms with Gasteiger partial charge >= 0.3 is 5.69 Å². The maximum Gasteiger partial charge on any atom is 0.333 e. The Bertz CT molecular complexity index is 1600. The third-order valence-electron chi connectivity index (χ3n) is 6.49. The van der Waals surface area contributed by atoms with Gasteiger partial charge in [0.25, 0.3) is 11.5 Å². The molecule has 1 N–H and O–H groups in total. The van der Waals surface area contributed by atoms with Crippen molar-refractivity contribution >= 4 is 22.9 Å². The molecular weight excluding hydrogens is 495 g/mol. The predicted octanol–water partition coefficient (Wildman–Crippen LogP) is 2.34. The lowest BCUT2D eigenvalue weighted by molar-refractivity contribution is 0.0973. The van der Waals surface area contributed by atoms with Crippen molar-refractivity contribution in [3.63, 3.8) is 0 Å². The van der Waals surface area contributed by atoms with Crippen LogP contribution < -0.4 is 16.1 Å². The molecule has 4 aromatic heterocycles. The number of anilines is 1. The van der Waals surface area contributed by atoms with Gasteiger partial charge in [-0.3, -0.25) is 23.6 Å². The molecule has 1 amide bonds. The van der Waals surface area contributed by atoms with E-state index in [9.17, 15) is 18.8 Å². The van der Waals surface area contributed by atoms with E-state index in [0.717, 1.165) is 18.9 Å². The minimum Gasteiger partial charge on any atom is -0.383 e. The van der Waals surface area contributed by atoms with Crippen LogP contribution >= 0.6 is 0 Å². The van der Waals surface area contributed by atoms with Gasteiger partial charge in [-0.2, -0.15) is 9.49 Å². The number of nitrogens with one attached hydrogen (secondary N) is 1. The molecule has 1 fully saturated rings. The van der Waals surface area contributed by atoms with E-state index in [1.807, 2.05) is 13.8 Å². The number of pyridine rings is 1. The number of imidazole rings is 1. The summed E-state index contributed by atoms with van der Waals surface area (Å²) in [6, 6.07) is 4.10. The first-order valence-corrected chi connectivity index (χ1v) is 12.6. The fourth-order valence-corrected chi connectivity index (χ4v) is 4.47. The molecule has 0 unspecified atom stereocenters. The molecule has 5 rings (SSSR count). The number of methoxy groups -OCH3 is 1. The number of carbonyl (C=O) groups excluding carboxylic acids is 1. The maximum atomic E-state index is 13.4. The summed E-state index contributed by atoms with van der Waals surface area (Å²) < 4.78 is 23.0. The van der Waals surface area contributed by atoms with Crippen LogP contribution in [0.2, 0.25) is 0 Å². The van der Waals surface area contributed by atoms with Gasteiger partial charge in [0.05, 0.1) is 18.7 Å². The van der Waals surface area contributed by atoms with Gasteiger partial charge in [-0.05, 0) is 38.3 Å². The maximum absolute atomic E-state index is 13.4. The Hall–Kier alpha value is -4.13. The van der Waals surface area contributed by atoms with Gasteiger partial charge in [0.15, 0.2) is 11.5 Å². The molecule has 0 saturated heterocycles. The monoisotopic (exact) mass is 524 g/mol. The van der Waals surface area contributed by atoms with Crippen LogP contribution in [0, 0.1) is 5.95 Å². The van der Waals surface area contributed by atoms with Gasteiger partial charge in [0.1, 0.15) is 17.0 Å². The SMILES string of the molecule is CCCn1c(=O)n(C2CC2)c(=O)c2[nH]c(-c3cc(N(CCOC)C(=O)c4ccc(F)nc4)n(CC)n3)nc21. The van der Waals surface area contributed by atoms with Crippen LogP contribution in [0.25, 0.3) is 22.7 Å². The first-order chi connectivity index (χ1) is 18.4. The molecule has 0 aliphatic heterocycles. The highest BCUT2D eigenvalue weighted by atomic mass is 19.1. The third kappa shape index (κ3) is 4.53. The van der Waals surface area contributed by atoms with Crippen molar-refractivity contribution < 1.29 is 13.9 Å². The number of amides is 1. The molecule has 4 heterocycles. The number of rotatable bonds is 10. The van der Waals surface area contributed by atoms with Gasteiger partial charge < -0.3 is 9.72 Å². The molecule has 0 spiro atoms. The van der Waals surface area contributed by atoms with Crippen LogP contribution in [0.3, 0.4) is 0 Å². The molecule has 0 atom stereocenters. The molecule has 0 radical (unpaired) electrons. The molecule has 0 aromatic carbocycles. The fourth-order valence-electron chi connectivity index (χ4n) is 4.47. The zero-order valence-corrected chi connectivity index (χ0v) is 21.5. The number of halogens is 1. The van der Waals surface area contributed by atoms with Gasteiger partial charge in [0.2, 0.25) is 5.95 Å². The number of carbonyl (C=O) groups is 1. The van der Waals surface area contributed by atoms with E-state index < -0.39 is 17.4 Å². The summed E-state index contributed by atoms with van der Waals surface area (Å²) in [5.74, 6) is -0.302. The lowest BCUT2D eigenvalue weighted by atomic mass is 10.2. The van der Waals surface area contributed by atoms with E-state index in [4.69, 9.17) is 4.74 Å². The summed E-state index contributed by atoms with van der Waals surface area (Å²) in [5.41, 5.74) is 0.394. The second kappa shape index (κ2) is 10.3. The fraction of sp³-hybridized carbons (Fsp3) is 0.440. The molecule has 12 nitrogen and oxygen atoms in total. The van der Waals surface area contributed by atoms with E-state index >= 15 is 0 Å². The largest absolute Gasteiger partial charge is 0.383 e. The van der Waals surface area contributed by atoms with Gasteiger partial charge in [-0.1, -0.05) is 6.92 Å². The molecule has 1 saturated carbocycles. The summed E-state index contributed by atoms with van der Waals surface area (Å²) in [6.07, 6.45) is 3.48. The lowest BCUT2D eigenvalue weighted by Gasteiger charge is -2.22. The van der Waals surface area contributed by atoms with Gasteiger partial charge in [0, 0.05) is 38.5 Å². The number of aromatic amines is 1. The number of hydrogen-bond acceptors (Lipinski definition) is 7. The Labute approximate surface area is 216 Å². The Morgan fingerprint density at radius 3 is 2.68 bits per heavy atom. The lowest BCUT2D eigenvalue weighted by Crippen LogP contribution is -2.39. The smallest absolute Gasteiger partial charge is 0.333 e. The summed E-state index contributed by atoms with van der Waals surface area (Å²) in [5, 5.41) is 4.63. The minimum absolute atomic E-state index is 0.0820. The summed E-state index contributed by atoms with van der Waals surface area (Å²) in [6.45, 7) is 5.15. The number of H-pyrrole nitrogens is 1. The first-order valence-electron chi connectivity index (χ1n) is 12.6. The van der Waals surface area contributed by atoms with E-state index in [-0.39, 0.29) is 41.6 Å². The zero-order valence-electron chi connectivity index (χ0n) is 21.5. The van der Waals surface area contributed by atoms with E-state index in [2.05, 4.69) is 20.1 Å². The molecule has 38 heavy (non-hydrogen) atoms. The normalized spacial score (nSPS) is 13.4. The topological polar surface area (TPSA) is 133 Å². The van der Waals surface area contributed by atoms with E-state index in [1.54, 1.807) is 10.7 Å². The van der Waals surface area contributed by atoms with Crippen molar-refractivity contribution in [2.24, 2.45) is 0 Å². The summed E-state index contributed by atoms with van der Waals surface area (Å²) >= 11 is 0. The molecule has 1 aliphatic rings. The molecular formula is C25H29FN8O4. The Balaban J connectivity index is 1.61. The number of nitrogens with zero attached hydrogens (tertiary/aromatic N) is 7. The van der Waals surface area contributed by atoms with E-state index in [0.29, 0.717) is 36.8 Å². The number of fused-ring (bicyclic) bond motifs is 1. The summed E-state index contributed by atoms with van der Waals surface area (Å²) in [4.78, 5) is 52.5. The van der Waals surface area contributed by atoms with Crippen LogP contribution in [0.4, 0.5) is 10.2 Å². The minimum atomic E-state index is -0.682. The Kier molecular flexibility index (Phi) is 6.93. The van der Waals surface area contributed by atoms with Crippen molar-refractivity contribution in [3.05, 3.63) is 56.7 Å². The molecule has 1 aliphatic carbocycles. The molecule has 13 heteroatoms. The average Bonchev–Trinajstić information content (AvgIpc) is 3.49. The predicted molar refractivity (Wildman–Crippen MR) is 138 cm³/mol. The molecule has 200 valence electrons. The highest BCUT2D eigenvalue weighted by molar-refractivity contribution is 6.05. The van der Waals surface area contributed by atoms with Crippen molar-refractivity contribution in [1.82, 2.24) is 33.9 Å². The second-order valence-corrected chi connectivity index (χ2v) is 9.15. The van der Waals surface area contributed by atoms with Gasteiger partial charge in [-0.25, -0.2) is 19.4 Å². The zero-order chi connectivity index (χ0) is 27.0.